The summed E-state index contributed by atoms with van der Waals surface area (Å²) in [5.41, 5.74) is 6.51. The van der Waals surface area contributed by atoms with Crippen LogP contribution >= 0.6 is 0 Å². The Bertz CT molecular complexity index is 442. The Hall–Kier alpha value is -1.89. The van der Waals surface area contributed by atoms with Gasteiger partial charge in [0, 0.05) is 30.8 Å². The highest BCUT2D eigenvalue weighted by molar-refractivity contribution is 5.84. The van der Waals surface area contributed by atoms with E-state index in [4.69, 9.17) is 10.8 Å². The summed E-state index contributed by atoms with van der Waals surface area (Å²) >= 11 is 0. The molecule has 0 spiro atoms. The van der Waals surface area contributed by atoms with Crippen molar-refractivity contribution in [2.24, 2.45) is 11.7 Å². The number of H-pyrrole nitrogens is 1. The van der Waals surface area contributed by atoms with E-state index in [0.29, 0.717) is 11.6 Å². The second kappa shape index (κ2) is 5.83. The van der Waals surface area contributed by atoms with Gasteiger partial charge in [-0.3, -0.25) is 4.79 Å². The Balaban J connectivity index is 1.85. The van der Waals surface area contributed by atoms with Crippen LogP contribution in [0.3, 0.4) is 0 Å². The lowest BCUT2D eigenvalue weighted by Crippen LogP contribution is -2.44. The molecule has 1 aromatic rings. The Kier molecular flexibility index (Phi) is 4.16. The third-order valence-electron chi connectivity index (χ3n) is 3.26. The fraction of sp³-hybridized carbons (Fsp3) is 0.583. The molecule has 1 amide bonds. The molecule has 1 saturated carbocycles. The largest absolute Gasteiger partial charge is 0.480 e. The zero-order valence-corrected chi connectivity index (χ0v) is 10.5. The van der Waals surface area contributed by atoms with Crippen molar-refractivity contribution >= 4 is 11.9 Å². The zero-order valence-electron chi connectivity index (χ0n) is 10.5. The highest BCUT2D eigenvalue weighted by Crippen LogP contribution is 2.32. The van der Waals surface area contributed by atoms with E-state index in [9.17, 15) is 9.59 Å². The van der Waals surface area contributed by atoms with Crippen molar-refractivity contribution in [2.45, 2.75) is 37.8 Å². The molecule has 2 atom stereocenters. The Morgan fingerprint density at radius 1 is 1.58 bits per heavy atom. The number of aromatic amines is 1. The summed E-state index contributed by atoms with van der Waals surface area (Å²) in [5.74, 6) is -0.962. The van der Waals surface area contributed by atoms with Gasteiger partial charge in [-0.1, -0.05) is 0 Å². The van der Waals surface area contributed by atoms with Crippen LogP contribution in [-0.4, -0.2) is 39.0 Å². The molecule has 0 saturated heterocycles. The van der Waals surface area contributed by atoms with Gasteiger partial charge >= 0.3 is 5.97 Å². The maximum Gasteiger partial charge on any atom is 0.326 e. The number of amides is 1. The molecule has 1 aliphatic carbocycles. The summed E-state index contributed by atoms with van der Waals surface area (Å²) < 4.78 is 0. The summed E-state index contributed by atoms with van der Waals surface area (Å²) in [7, 11) is 0. The number of nitrogens with zero attached hydrogens (tertiary/aromatic N) is 1. The molecule has 104 valence electrons. The molecule has 19 heavy (non-hydrogen) atoms. The first-order chi connectivity index (χ1) is 9.06. The van der Waals surface area contributed by atoms with Crippen molar-refractivity contribution in [2.75, 3.05) is 0 Å². The van der Waals surface area contributed by atoms with E-state index in [0.717, 1.165) is 12.8 Å². The van der Waals surface area contributed by atoms with Crippen molar-refractivity contribution in [3.8, 4) is 0 Å². The molecule has 2 rings (SSSR count). The van der Waals surface area contributed by atoms with Crippen LogP contribution in [0.15, 0.2) is 12.5 Å². The molecule has 0 aliphatic heterocycles. The molecule has 0 radical (unpaired) electrons. The van der Waals surface area contributed by atoms with Crippen LogP contribution in [0.25, 0.3) is 0 Å². The molecule has 5 N–H and O–H groups in total. The monoisotopic (exact) mass is 266 g/mol. The molecule has 0 aromatic carbocycles. The fourth-order valence-corrected chi connectivity index (χ4v) is 1.97. The molecule has 7 heteroatoms. The molecule has 1 aromatic heterocycles. The average Bonchev–Trinajstić information content (AvgIpc) is 3.07. The summed E-state index contributed by atoms with van der Waals surface area (Å²) in [5, 5.41) is 11.6. The Morgan fingerprint density at radius 2 is 2.32 bits per heavy atom. The van der Waals surface area contributed by atoms with E-state index in [-0.39, 0.29) is 24.8 Å². The Labute approximate surface area is 110 Å². The first-order valence-corrected chi connectivity index (χ1v) is 6.31. The third-order valence-corrected chi connectivity index (χ3v) is 3.26. The molecule has 0 bridgehead atoms. The van der Waals surface area contributed by atoms with Crippen molar-refractivity contribution in [1.29, 1.82) is 0 Å². The van der Waals surface area contributed by atoms with Crippen LogP contribution in [0.1, 0.15) is 25.0 Å². The number of aliphatic carboxylic acids is 1. The number of carbonyl (C=O) groups excluding carboxylic acids is 1. The van der Waals surface area contributed by atoms with Gasteiger partial charge in [0.2, 0.25) is 5.91 Å². The number of carboxylic acid groups (broad SMARTS) is 1. The number of hydrogen-bond acceptors (Lipinski definition) is 4. The van der Waals surface area contributed by atoms with Crippen molar-refractivity contribution in [1.82, 2.24) is 15.3 Å². The summed E-state index contributed by atoms with van der Waals surface area (Å²) in [4.78, 5) is 29.5. The second-order valence-corrected chi connectivity index (χ2v) is 4.94. The highest BCUT2D eigenvalue weighted by atomic mass is 16.4. The van der Waals surface area contributed by atoms with Crippen molar-refractivity contribution in [3.63, 3.8) is 0 Å². The maximum absolute atomic E-state index is 11.7. The molecule has 1 unspecified atom stereocenters. The van der Waals surface area contributed by atoms with Gasteiger partial charge in [-0.2, -0.15) is 0 Å². The normalized spacial score (nSPS) is 17.7. The van der Waals surface area contributed by atoms with Crippen LogP contribution in [-0.2, 0) is 16.0 Å². The van der Waals surface area contributed by atoms with E-state index in [2.05, 4.69) is 15.3 Å². The minimum atomic E-state index is -1.07. The van der Waals surface area contributed by atoms with E-state index < -0.39 is 12.0 Å². The molecule has 1 heterocycles. The topological polar surface area (TPSA) is 121 Å². The van der Waals surface area contributed by atoms with E-state index in [1.165, 1.54) is 12.5 Å². The van der Waals surface area contributed by atoms with Gasteiger partial charge in [-0.15, -0.1) is 0 Å². The van der Waals surface area contributed by atoms with Crippen LogP contribution in [0.2, 0.25) is 0 Å². The SMILES string of the molecule is NC(CC(=O)N[C@@H](Cc1cnc[nH]1)C(=O)O)C1CC1. The smallest absolute Gasteiger partial charge is 0.326 e. The first kappa shape index (κ1) is 13.5. The van der Waals surface area contributed by atoms with Gasteiger partial charge in [0.1, 0.15) is 6.04 Å². The van der Waals surface area contributed by atoms with E-state index in [1.54, 1.807) is 0 Å². The lowest BCUT2D eigenvalue weighted by Gasteiger charge is -2.15. The number of carbonyl (C=O) groups is 2. The Morgan fingerprint density at radius 3 is 2.84 bits per heavy atom. The summed E-state index contributed by atoms with van der Waals surface area (Å²) in [6.45, 7) is 0. The molecule has 1 fully saturated rings. The third kappa shape index (κ3) is 4.06. The summed E-state index contributed by atoms with van der Waals surface area (Å²) in [6, 6.07) is -1.12. The van der Waals surface area contributed by atoms with Crippen molar-refractivity contribution < 1.29 is 14.7 Å². The van der Waals surface area contributed by atoms with Gasteiger partial charge in [-0.25, -0.2) is 9.78 Å². The number of hydrogen-bond donors (Lipinski definition) is 4. The molecule has 7 nitrogen and oxygen atoms in total. The lowest BCUT2D eigenvalue weighted by atomic mass is 10.1. The number of rotatable bonds is 7. The quantitative estimate of drug-likeness (QED) is 0.537. The minimum absolute atomic E-state index is 0.165. The lowest BCUT2D eigenvalue weighted by molar-refractivity contribution is -0.141. The predicted molar refractivity (Wildman–Crippen MR) is 67.2 cm³/mol. The van der Waals surface area contributed by atoms with E-state index in [1.807, 2.05) is 0 Å². The van der Waals surface area contributed by atoms with Gasteiger partial charge in [0.15, 0.2) is 0 Å². The number of nitrogens with one attached hydrogen (secondary N) is 2. The second-order valence-electron chi connectivity index (χ2n) is 4.94. The van der Waals surface area contributed by atoms with Gasteiger partial charge in [0.05, 0.1) is 6.33 Å². The zero-order chi connectivity index (χ0) is 13.8. The van der Waals surface area contributed by atoms with Gasteiger partial charge in [0.25, 0.3) is 0 Å². The minimum Gasteiger partial charge on any atom is -0.480 e. The number of aromatic nitrogens is 2. The molecular weight excluding hydrogens is 248 g/mol. The van der Waals surface area contributed by atoms with Gasteiger partial charge < -0.3 is 21.1 Å². The first-order valence-electron chi connectivity index (χ1n) is 6.31. The van der Waals surface area contributed by atoms with Crippen LogP contribution < -0.4 is 11.1 Å². The standard InChI is InChI=1S/C12H18N4O3/c13-9(7-1-2-7)4-11(17)16-10(12(18)19)3-8-5-14-6-15-8/h5-7,9-10H,1-4,13H2,(H,14,15)(H,16,17)(H,18,19)/t9?,10-/m0/s1. The average molecular weight is 266 g/mol. The van der Waals surface area contributed by atoms with Crippen molar-refractivity contribution in [3.05, 3.63) is 18.2 Å². The highest BCUT2D eigenvalue weighted by Gasteiger charge is 2.30. The number of imidazole rings is 1. The molecular formula is C12H18N4O3. The number of carboxylic acids is 1. The fourth-order valence-electron chi connectivity index (χ4n) is 1.97. The van der Waals surface area contributed by atoms with E-state index >= 15 is 0 Å². The predicted octanol–water partition coefficient (Wildman–Crippen LogP) is -0.351. The maximum atomic E-state index is 11.7. The number of nitrogens with two attached hydrogens (primary N) is 1. The van der Waals surface area contributed by atoms with Crippen LogP contribution in [0, 0.1) is 5.92 Å². The van der Waals surface area contributed by atoms with Crippen LogP contribution in [0.4, 0.5) is 0 Å². The van der Waals surface area contributed by atoms with Crippen LogP contribution in [0.5, 0.6) is 0 Å². The summed E-state index contributed by atoms with van der Waals surface area (Å²) in [6.07, 6.45) is 5.49. The van der Waals surface area contributed by atoms with Gasteiger partial charge in [-0.05, 0) is 18.8 Å². The molecule has 1 aliphatic rings.